The molecular weight excluding hydrogens is 269 g/mol. The third-order valence-corrected chi connectivity index (χ3v) is 4.43. The first kappa shape index (κ1) is 14.2. The van der Waals surface area contributed by atoms with Gasteiger partial charge >= 0.3 is 0 Å². The SMILES string of the molecule is CN1CCCCC1CCn1cnc2c(F)cccc2c1=O. The number of halogens is 1. The van der Waals surface area contributed by atoms with Crippen LogP contribution in [0, 0.1) is 5.82 Å². The Hall–Kier alpha value is -1.75. The summed E-state index contributed by atoms with van der Waals surface area (Å²) >= 11 is 0. The quantitative estimate of drug-likeness (QED) is 0.871. The molecule has 1 unspecified atom stereocenters. The molecule has 1 fully saturated rings. The molecule has 0 bridgehead atoms. The molecule has 3 rings (SSSR count). The Morgan fingerprint density at radius 2 is 2.24 bits per heavy atom. The number of para-hydroxylation sites is 1. The number of aryl methyl sites for hydroxylation is 1. The van der Waals surface area contributed by atoms with Crippen LogP contribution >= 0.6 is 0 Å². The molecule has 0 aliphatic carbocycles. The number of hydrogen-bond donors (Lipinski definition) is 0. The van der Waals surface area contributed by atoms with Crippen molar-refractivity contribution in [3.8, 4) is 0 Å². The summed E-state index contributed by atoms with van der Waals surface area (Å²) in [4.78, 5) is 18.8. The summed E-state index contributed by atoms with van der Waals surface area (Å²) < 4.78 is 15.2. The highest BCUT2D eigenvalue weighted by Crippen LogP contribution is 2.18. The number of piperidine rings is 1. The van der Waals surface area contributed by atoms with Crippen molar-refractivity contribution >= 4 is 10.9 Å². The zero-order valence-electron chi connectivity index (χ0n) is 12.3. The fourth-order valence-corrected chi connectivity index (χ4v) is 3.11. The van der Waals surface area contributed by atoms with Crippen molar-refractivity contribution in [1.29, 1.82) is 0 Å². The van der Waals surface area contributed by atoms with E-state index in [1.165, 1.54) is 31.7 Å². The summed E-state index contributed by atoms with van der Waals surface area (Å²) in [7, 11) is 2.14. The third kappa shape index (κ3) is 2.83. The lowest BCUT2D eigenvalue weighted by Crippen LogP contribution is -2.37. The zero-order valence-corrected chi connectivity index (χ0v) is 12.3. The van der Waals surface area contributed by atoms with Crippen molar-refractivity contribution in [1.82, 2.24) is 14.5 Å². The second-order valence-corrected chi connectivity index (χ2v) is 5.80. The normalized spacial score (nSPS) is 20.0. The molecule has 0 radical (unpaired) electrons. The first-order valence-electron chi connectivity index (χ1n) is 7.51. The molecule has 4 nitrogen and oxygen atoms in total. The standard InChI is InChI=1S/C16H20FN3O/c1-19-9-3-2-5-12(19)8-10-20-11-18-15-13(16(20)21)6-4-7-14(15)17/h4,6-7,11-12H,2-3,5,8-10H2,1H3. The summed E-state index contributed by atoms with van der Waals surface area (Å²) in [5.74, 6) is -0.441. The number of fused-ring (bicyclic) bond motifs is 1. The summed E-state index contributed by atoms with van der Waals surface area (Å²) in [6.07, 6.45) is 6.09. The van der Waals surface area contributed by atoms with Gasteiger partial charge in [0.25, 0.3) is 5.56 Å². The Morgan fingerprint density at radius 3 is 3.05 bits per heavy atom. The predicted molar refractivity (Wildman–Crippen MR) is 80.8 cm³/mol. The average Bonchev–Trinajstić information content (AvgIpc) is 2.49. The second kappa shape index (κ2) is 5.93. The average molecular weight is 289 g/mol. The van der Waals surface area contributed by atoms with E-state index < -0.39 is 5.82 Å². The molecule has 2 aromatic rings. The number of hydrogen-bond acceptors (Lipinski definition) is 3. The Morgan fingerprint density at radius 1 is 1.38 bits per heavy atom. The van der Waals surface area contributed by atoms with Gasteiger partial charge in [0.2, 0.25) is 0 Å². The zero-order chi connectivity index (χ0) is 14.8. The van der Waals surface area contributed by atoms with Gasteiger partial charge in [-0.1, -0.05) is 12.5 Å². The van der Waals surface area contributed by atoms with Gasteiger partial charge < -0.3 is 4.90 Å². The van der Waals surface area contributed by atoms with E-state index in [0.717, 1.165) is 13.0 Å². The van der Waals surface area contributed by atoms with Gasteiger partial charge in [0.05, 0.1) is 11.7 Å². The van der Waals surface area contributed by atoms with E-state index in [-0.39, 0.29) is 11.1 Å². The fraction of sp³-hybridized carbons (Fsp3) is 0.500. The Kier molecular flexibility index (Phi) is 4.01. The van der Waals surface area contributed by atoms with Gasteiger partial charge in [-0.05, 0) is 45.0 Å². The van der Waals surface area contributed by atoms with Crippen LogP contribution in [0.2, 0.25) is 0 Å². The van der Waals surface area contributed by atoms with Crippen LogP contribution in [0.4, 0.5) is 4.39 Å². The van der Waals surface area contributed by atoms with E-state index in [9.17, 15) is 9.18 Å². The fourth-order valence-electron chi connectivity index (χ4n) is 3.11. The molecule has 1 saturated heterocycles. The molecule has 1 aliphatic rings. The summed E-state index contributed by atoms with van der Waals surface area (Å²) in [5.41, 5.74) is 0.00602. The molecule has 1 atom stereocenters. The van der Waals surface area contributed by atoms with Gasteiger partial charge in [-0.15, -0.1) is 0 Å². The molecule has 21 heavy (non-hydrogen) atoms. The van der Waals surface area contributed by atoms with E-state index in [1.54, 1.807) is 16.7 Å². The lowest BCUT2D eigenvalue weighted by Gasteiger charge is -2.32. The Balaban J connectivity index is 1.81. The van der Waals surface area contributed by atoms with Crippen molar-refractivity contribution in [3.63, 3.8) is 0 Å². The molecule has 5 heteroatoms. The molecule has 1 aromatic carbocycles. The summed E-state index contributed by atoms with van der Waals surface area (Å²) in [5, 5.41) is 0.356. The molecule has 1 aliphatic heterocycles. The highest BCUT2D eigenvalue weighted by Gasteiger charge is 2.18. The van der Waals surface area contributed by atoms with E-state index in [4.69, 9.17) is 0 Å². The van der Waals surface area contributed by atoms with Gasteiger partial charge in [0.15, 0.2) is 0 Å². The van der Waals surface area contributed by atoms with Crippen LogP contribution in [0.5, 0.6) is 0 Å². The molecule has 0 saturated carbocycles. The van der Waals surface area contributed by atoms with Crippen LogP contribution in [0.25, 0.3) is 10.9 Å². The number of aromatic nitrogens is 2. The molecular formula is C16H20FN3O. The third-order valence-electron chi connectivity index (χ3n) is 4.43. The van der Waals surface area contributed by atoms with Gasteiger partial charge in [0.1, 0.15) is 11.3 Å². The van der Waals surface area contributed by atoms with Crippen LogP contribution in [-0.4, -0.2) is 34.1 Å². The van der Waals surface area contributed by atoms with Crippen molar-refractivity contribution in [2.24, 2.45) is 0 Å². The van der Waals surface area contributed by atoms with Crippen LogP contribution in [0.15, 0.2) is 29.3 Å². The van der Waals surface area contributed by atoms with E-state index >= 15 is 0 Å². The highest BCUT2D eigenvalue weighted by atomic mass is 19.1. The van der Waals surface area contributed by atoms with Crippen molar-refractivity contribution < 1.29 is 4.39 Å². The second-order valence-electron chi connectivity index (χ2n) is 5.80. The number of likely N-dealkylation sites (tertiary alicyclic amines) is 1. The molecule has 2 heterocycles. The van der Waals surface area contributed by atoms with Crippen molar-refractivity contribution in [2.75, 3.05) is 13.6 Å². The first-order valence-corrected chi connectivity index (χ1v) is 7.51. The maximum absolute atomic E-state index is 13.6. The van der Waals surface area contributed by atoms with Gasteiger partial charge in [-0.2, -0.15) is 0 Å². The Labute approximate surface area is 123 Å². The monoisotopic (exact) mass is 289 g/mol. The number of nitrogens with zero attached hydrogens (tertiary/aromatic N) is 3. The van der Waals surface area contributed by atoms with Gasteiger partial charge in [-0.3, -0.25) is 9.36 Å². The topological polar surface area (TPSA) is 38.1 Å². The van der Waals surface area contributed by atoms with Crippen molar-refractivity contribution in [3.05, 3.63) is 40.7 Å². The predicted octanol–water partition coefficient (Wildman–Crippen LogP) is 2.41. The Bertz CT molecular complexity index is 697. The lowest BCUT2D eigenvalue weighted by molar-refractivity contribution is 0.170. The maximum Gasteiger partial charge on any atom is 0.261 e. The number of benzene rings is 1. The molecule has 0 spiro atoms. The number of rotatable bonds is 3. The van der Waals surface area contributed by atoms with Crippen LogP contribution in [-0.2, 0) is 6.54 Å². The van der Waals surface area contributed by atoms with Crippen LogP contribution in [0.1, 0.15) is 25.7 Å². The van der Waals surface area contributed by atoms with E-state index in [1.807, 2.05) is 0 Å². The minimum absolute atomic E-state index is 0.155. The minimum atomic E-state index is -0.441. The van der Waals surface area contributed by atoms with Gasteiger partial charge in [0, 0.05) is 12.6 Å². The lowest BCUT2D eigenvalue weighted by atomic mass is 10.0. The van der Waals surface area contributed by atoms with E-state index in [0.29, 0.717) is 18.0 Å². The summed E-state index contributed by atoms with van der Waals surface area (Å²) in [6, 6.07) is 5.04. The molecule has 0 N–H and O–H groups in total. The minimum Gasteiger partial charge on any atom is -0.303 e. The highest BCUT2D eigenvalue weighted by molar-refractivity contribution is 5.77. The van der Waals surface area contributed by atoms with Gasteiger partial charge in [-0.25, -0.2) is 9.37 Å². The molecule has 1 aromatic heterocycles. The van der Waals surface area contributed by atoms with Crippen LogP contribution in [0.3, 0.4) is 0 Å². The summed E-state index contributed by atoms with van der Waals surface area (Å²) in [6.45, 7) is 1.76. The molecule has 112 valence electrons. The largest absolute Gasteiger partial charge is 0.303 e. The van der Waals surface area contributed by atoms with E-state index in [2.05, 4.69) is 16.9 Å². The maximum atomic E-state index is 13.6. The van der Waals surface area contributed by atoms with Crippen molar-refractivity contribution in [2.45, 2.75) is 38.3 Å². The smallest absolute Gasteiger partial charge is 0.261 e. The van der Waals surface area contributed by atoms with Crippen LogP contribution < -0.4 is 5.56 Å². The first-order chi connectivity index (χ1) is 10.2. The molecule has 0 amide bonds.